The molecule has 1 N–H and O–H groups in total. The molecule has 8 nitrogen and oxygen atoms in total. The highest BCUT2D eigenvalue weighted by molar-refractivity contribution is 5.98. The number of nitrogens with zero attached hydrogens (tertiary/aromatic N) is 4. The van der Waals surface area contributed by atoms with Crippen LogP contribution in [0.1, 0.15) is 40.1 Å². The second-order valence-corrected chi connectivity index (χ2v) is 9.44. The Morgan fingerprint density at radius 1 is 1.22 bits per heavy atom. The first kappa shape index (κ1) is 25.3. The molecule has 0 radical (unpaired) electrons. The molecule has 8 heteroatoms. The molecule has 3 atom stereocenters. The van der Waals surface area contributed by atoms with Crippen molar-refractivity contribution in [1.29, 1.82) is 0 Å². The van der Waals surface area contributed by atoms with Gasteiger partial charge in [0.05, 0.1) is 19.2 Å². The normalized spacial score (nSPS) is 18.5. The van der Waals surface area contributed by atoms with Gasteiger partial charge in [0, 0.05) is 49.2 Å². The number of carbonyl (C=O) groups excluding carboxylic acids is 2. The van der Waals surface area contributed by atoms with E-state index in [1.165, 1.54) is 0 Å². The molecule has 0 fully saturated rings. The molecule has 0 saturated heterocycles. The molecule has 2 amide bonds. The first-order valence-electron chi connectivity index (χ1n) is 12.1. The van der Waals surface area contributed by atoms with Crippen LogP contribution in [0, 0.1) is 12.8 Å². The Balaban J connectivity index is 1.70. The molecule has 4 rings (SSSR count). The van der Waals surface area contributed by atoms with Crippen LogP contribution in [-0.2, 0) is 0 Å². The Morgan fingerprint density at radius 3 is 2.64 bits per heavy atom. The van der Waals surface area contributed by atoms with Gasteiger partial charge in [-0.05, 0) is 43.2 Å². The summed E-state index contributed by atoms with van der Waals surface area (Å²) in [6.45, 7) is 6.32. The maximum atomic E-state index is 13.7. The number of ether oxygens (including phenoxy) is 1. The highest BCUT2D eigenvalue weighted by atomic mass is 16.5. The molecular formula is C28H32N4O4. The van der Waals surface area contributed by atoms with Crippen LogP contribution < -0.4 is 4.74 Å². The second kappa shape index (κ2) is 10.9. The number of hydrogen-bond donors (Lipinski definition) is 1. The SMILES string of the molecule is Cc1ccccc1-c1cnc2c(c1)C(=O)N([C@@H](C)CO)C[C@H](C)[C@H](CN(C)C(=O)c1ccncc1)O2. The van der Waals surface area contributed by atoms with Crippen LogP contribution in [0.25, 0.3) is 11.1 Å². The van der Waals surface area contributed by atoms with E-state index >= 15 is 0 Å². The summed E-state index contributed by atoms with van der Waals surface area (Å²) in [5.41, 5.74) is 3.75. The van der Waals surface area contributed by atoms with Crippen LogP contribution in [0.5, 0.6) is 5.88 Å². The first-order chi connectivity index (χ1) is 17.3. The number of hydrogen-bond acceptors (Lipinski definition) is 6. The Morgan fingerprint density at radius 2 is 1.94 bits per heavy atom. The van der Waals surface area contributed by atoms with E-state index in [1.54, 1.807) is 47.6 Å². The second-order valence-electron chi connectivity index (χ2n) is 9.44. The quantitative estimate of drug-likeness (QED) is 0.571. The summed E-state index contributed by atoms with van der Waals surface area (Å²) in [7, 11) is 1.73. The number of amides is 2. The fourth-order valence-electron chi connectivity index (χ4n) is 4.43. The van der Waals surface area contributed by atoms with Gasteiger partial charge in [0.2, 0.25) is 5.88 Å². The van der Waals surface area contributed by atoms with Crippen LogP contribution in [-0.4, -0.2) is 75.6 Å². The third-order valence-corrected chi connectivity index (χ3v) is 6.70. The van der Waals surface area contributed by atoms with Crippen molar-refractivity contribution in [1.82, 2.24) is 19.8 Å². The van der Waals surface area contributed by atoms with E-state index in [1.807, 2.05) is 51.1 Å². The Hall–Kier alpha value is -3.78. The molecule has 3 aromatic rings. The number of pyridine rings is 2. The molecule has 3 heterocycles. The van der Waals surface area contributed by atoms with Crippen LogP contribution in [0.3, 0.4) is 0 Å². The molecule has 0 bridgehead atoms. The van der Waals surface area contributed by atoms with Crippen LogP contribution in [0.2, 0.25) is 0 Å². The van der Waals surface area contributed by atoms with Crippen LogP contribution >= 0.6 is 0 Å². The molecule has 2 aromatic heterocycles. The molecule has 1 aliphatic heterocycles. The van der Waals surface area contributed by atoms with Crippen molar-refractivity contribution in [3.63, 3.8) is 0 Å². The highest BCUT2D eigenvalue weighted by Gasteiger charge is 2.35. The predicted octanol–water partition coefficient (Wildman–Crippen LogP) is 3.44. The van der Waals surface area contributed by atoms with Crippen LogP contribution in [0.4, 0.5) is 0 Å². The monoisotopic (exact) mass is 488 g/mol. The summed E-state index contributed by atoms with van der Waals surface area (Å²) >= 11 is 0. The average Bonchev–Trinajstić information content (AvgIpc) is 2.90. The van der Waals surface area contributed by atoms with Gasteiger partial charge in [-0.2, -0.15) is 0 Å². The predicted molar refractivity (Wildman–Crippen MR) is 137 cm³/mol. The Kier molecular flexibility index (Phi) is 7.64. The van der Waals surface area contributed by atoms with Crippen molar-refractivity contribution < 1.29 is 19.4 Å². The van der Waals surface area contributed by atoms with Crippen molar-refractivity contribution in [3.8, 4) is 17.0 Å². The largest absolute Gasteiger partial charge is 0.472 e. The lowest BCUT2D eigenvalue weighted by Gasteiger charge is -2.37. The summed E-state index contributed by atoms with van der Waals surface area (Å²) in [5, 5.41) is 9.88. The summed E-state index contributed by atoms with van der Waals surface area (Å²) in [6.07, 6.45) is 4.46. The molecule has 0 spiro atoms. The van der Waals surface area contributed by atoms with Crippen LogP contribution in [0.15, 0.2) is 61.1 Å². The number of aromatic nitrogens is 2. The van der Waals surface area contributed by atoms with Gasteiger partial charge in [-0.3, -0.25) is 14.6 Å². The van der Waals surface area contributed by atoms with E-state index < -0.39 is 6.10 Å². The molecular weight excluding hydrogens is 456 g/mol. The number of aliphatic hydroxyl groups is 1. The number of aryl methyl sites for hydroxylation is 1. The first-order valence-corrected chi connectivity index (χ1v) is 12.1. The molecule has 0 aliphatic carbocycles. The molecule has 0 unspecified atom stereocenters. The van der Waals surface area contributed by atoms with Gasteiger partial charge in [0.25, 0.3) is 11.8 Å². The maximum absolute atomic E-state index is 13.7. The van der Waals surface area contributed by atoms with Gasteiger partial charge in [-0.15, -0.1) is 0 Å². The van der Waals surface area contributed by atoms with Crippen molar-refractivity contribution in [2.75, 3.05) is 26.7 Å². The highest BCUT2D eigenvalue weighted by Crippen LogP contribution is 2.31. The number of fused-ring (bicyclic) bond motifs is 1. The summed E-state index contributed by atoms with van der Waals surface area (Å²) < 4.78 is 6.33. The number of rotatable bonds is 6. The van der Waals surface area contributed by atoms with E-state index in [0.717, 1.165) is 16.7 Å². The lowest BCUT2D eigenvalue weighted by Crippen LogP contribution is -2.50. The van der Waals surface area contributed by atoms with Gasteiger partial charge in [-0.25, -0.2) is 4.98 Å². The maximum Gasteiger partial charge on any atom is 0.259 e. The third kappa shape index (κ3) is 5.23. The standard InChI is InChI=1S/C28H32N4O4/c1-18-7-5-6-8-23(18)22-13-24-26(30-14-22)36-25(19(2)15-32(28(24)35)20(3)17-33)16-31(4)27(34)21-9-11-29-12-10-21/h5-14,19-20,25,33H,15-17H2,1-4H3/t19-,20-,25-/m0/s1. The summed E-state index contributed by atoms with van der Waals surface area (Å²) in [4.78, 5) is 38.4. The lowest BCUT2D eigenvalue weighted by molar-refractivity contribution is 0.0313. The fraction of sp³-hybridized carbons (Fsp3) is 0.357. The molecule has 36 heavy (non-hydrogen) atoms. The summed E-state index contributed by atoms with van der Waals surface area (Å²) in [6, 6.07) is 12.7. The van der Waals surface area contributed by atoms with Crippen molar-refractivity contribution in [2.45, 2.75) is 32.9 Å². The average molecular weight is 489 g/mol. The smallest absolute Gasteiger partial charge is 0.259 e. The lowest BCUT2D eigenvalue weighted by atomic mass is 9.98. The number of likely N-dealkylation sites (N-methyl/N-ethyl adjacent to an activating group) is 1. The molecule has 188 valence electrons. The Bertz CT molecular complexity index is 1230. The van der Waals surface area contributed by atoms with E-state index in [0.29, 0.717) is 24.2 Å². The zero-order valence-corrected chi connectivity index (χ0v) is 21.1. The van der Waals surface area contributed by atoms with Gasteiger partial charge < -0.3 is 19.6 Å². The number of carbonyl (C=O) groups is 2. The zero-order chi connectivity index (χ0) is 25.8. The number of aliphatic hydroxyl groups excluding tert-OH is 1. The molecule has 0 saturated carbocycles. The van der Waals surface area contributed by atoms with E-state index in [9.17, 15) is 14.7 Å². The Labute approximate surface area is 211 Å². The van der Waals surface area contributed by atoms with Crippen molar-refractivity contribution in [3.05, 3.63) is 77.7 Å². The van der Waals surface area contributed by atoms with Gasteiger partial charge >= 0.3 is 0 Å². The minimum Gasteiger partial charge on any atom is -0.472 e. The zero-order valence-electron chi connectivity index (χ0n) is 21.1. The van der Waals surface area contributed by atoms with Gasteiger partial charge in [-0.1, -0.05) is 31.2 Å². The fourth-order valence-corrected chi connectivity index (χ4v) is 4.43. The van der Waals surface area contributed by atoms with E-state index in [4.69, 9.17) is 4.74 Å². The minimum absolute atomic E-state index is 0.123. The summed E-state index contributed by atoms with van der Waals surface area (Å²) in [5.74, 6) is -0.272. The van der Waals surface area contributed by atoms with E-state index in [2.05, 4.69) is 9.97 Å². The van der Waals surface area contributed by atoms with E-state index in [-0.39, 0.29) is 36.3 Å². The van der Waals surface area contributed by atoms with Crippen molar-refractivity contribution in [2.24, 2.45) is 5.92 Å². The van der Waals surface area contributed by atoms with Gasteiger partial charge in [0.15, 0.2) is 0 Å². The molecule has 1 aliphatic rings. The number of benzene rings is 1. The topological polar surface area (TPSA) is 95.9 Å². The minimum atomic E-state index is -0.419. The molecule has 1 aromatic carbocycles. The third-order valence-electron chi connectivity index (χ3n) is 6.70. The van der Waals surface area contributed by atoms with Gasteiger partial charge in [0.1, 0.15) is 11.7 Å². The van der Waals surface area contributed by atoms with Crippen molar-refractivity contribution >= 4 is 11.8 Å².